The van der Waals surface area contributed by atoms with Crippen molar-refractivity contribution in [2.45, 2.75) is 19.1 Å². The van der Waals surface area contributed by atoms with Crippen LogP contribution < -0.4 is 19.9 Å². The molecule has 5 nitrogen and oxygen atoms in total. The maximum Gasteiger partial charge on any atom is 0.161 e. The molecule has 0 saturated heterocycles. The van der Waals surface area contributed by atoms with Crippen LogP contribution in [0.2, 0.25) is 0 Å². The number of hydrogen-bond acceptors (Lipinski definition) is 5. The average Bonchev–Trinajstić information content (AvgIpc) is 2.54. The molecule has 2 N–H and O–H groups in total. The van der Waals surface area contributed by atoms with E-state index in [4.69, 9.17) is 19.9 Å². The van der Waals surface area contributed by atoms with Crippen LogP contribution in [0.3, 0.4) is 0 Å². The molecule has 5 heteroatoms. The van der Waals surface area contributed by atoms with Crippen LogP contribution >= 0.6 is 0 Å². The van der Waals surface area contributed by atoms with Gasteiger partial charge in [0.05, 0.1) is 18.8 Å². The highest BCUT2D eigenvalue weighted by molar-refractivity contribution is 5.41. The highest BCUT2D eigenvalue weighted by Crippen LogP contribution is 2.33. The van der Waals surface area contributed by atoms with Crippen LogP contribution in [0.5, 0.6) is 17.2 Å². The molecule has 0 spiro atoms. The molecular weight excluding hydrogens is 268 g/mol. The number of fused-ring (bicyclic) bond motifs is 1. The molecule has 3 rings (SSSR count). The lowest BCUT2D eigenvalue weighted by molar-refractivity contribution is 0.0720. The number of nitrogens with zero attached hydrogens (tertiary/aromatic N) is 1. The molecule has 1 aromatic heterocycles. The lowest BCUT2D eigenvalue weighted by Gasteiger charge is -2.30. The minimum Gasteiger partial charge on any atom is -0.492 e. The smallest absolute Gasteiger partial charge is 0.161 e. The summed E-state index contributed by atoms with van der Waals surface area (Å²) in [5.41, 5.74) is 7.16. The normalized spacial score (nSPS) is 18.1. The standard InChI is InChI=1S/C16H18N2O3/c1-2-19-12-7-11(8-18-9-12)16(17)15-10-20-13-5-3-4-6-14(13)21-15/h3-9,15-16H,2,10,17H2,1H3. The number of pyridine rings is 1. The van der Waals surface area contributed by atoms with Gasteiger partial charge in [0.1, 0.15) is 12.4 Å². The predicted molar refractivity (Wildman–Crippen MR) is 78.7 cm³/mol. The summed E-state index contributed by atoms with van der Waals surface area (Å²) in [6.45, 7) is 2.94. The van der Waals surface area contributed by atoms with Gasteiger partial charge in [-0.2, -0.15) is 0 Å². The number of rotatable bonds is 4. The van der Waals surface area contributed by atoms with Gasteiger partial charge in [-0.1, -0.05) is 12.1 Å². The zero-order valence-electron chi connectivity index (χ0n) is 11.9. The van der Waals surface area contributed by atoms with E-state index >= 15 is 0 Å². The van der Waals surface area contributed by atoms with E-state index in [1.807, 2.05) is 37.3 Å². The van der Waals surface area contributed by atoms with Crippen LogP contribution in [-0.4, -0.2) is 24.3 Å². The van der Waals surface area contributed by atoms with Gasteiger partial charge < -0.3 is 19.9 Å². The zero-order valence-corrected chi connectivity index (χ0v) is 11.9. The Morgan fingerprint density at radius 3 is 2.95 bits per heavy atom. The van der Waals surface area contributed by atoms with Crippen LogP contribution in [0.15, 0.2) is 42.7 Å². The van der Waals surface area contributed by atoms with Crippen molar-refractivity contribution >= 4 is 0 Å². The molecule has 0 radical (unpaired) electrons. The largest absolute Gasteiger partial charge is 0.492 e. The predicted octanol–water partition coefficient (Wildman–Crippen LogP) is 2.32. The fourth-order valence-electron chi connectivity index (χ4n) is 2.29. The summed E-state index contributed by atoms with van der Waals surface area (Å²) in [6.07, 6.45) is 3.16. The molecule has 0 amide bonds. The third-order valence-corrected chi connectivity index (χ3v) is 3.36. The summed E-state index contributed by atoms with van der Waals surface area (Å²) in [5, 5.41) is 0. The molecule has 1 aliphatic rings. The molecular formula is C16H18N2O3. The van der Waals surface area contributed by atoms with Crippen molar-refractivity contribution in [2.24, 2.45) is 5.73 Å². The molecule has 2 atom stereocenters. The van der Waals surface area contributed by atoms with E-state index in [9.17, 15) is 0 Å². The van der Waals surface area contributed by atoms with E-state index in [1.165, 1.54) is 0 Å². The molecule has 2 heterocycles. The number of hydrogen-bond donors (Lipinski definition) is 1. The van der Waals surface area contributed by atoms with Gasteiger partial charge in [-0.15, -0.1) is 0 Å². The maximum atomic E-state index is 6.29. The van der Waals surface area contributed by atoms with Gasteiger partial charge in [-0.25, -0.2) is 0 Å². The molecule has 110 valence electrons. The third-order valence-electron chi connectivity index (χ3n) is 3.36. The van der Waals surface area contributed by atoms with E-state index in [2.05, 4.69) is 4.98 Å². The topological polar surface area (TPSA) is 66.6 Å². The van der Waals surface area contributed by atoms with Crippen LogP contribution in [0.1, 0.15) is 18.5 Å². The number of aromatic nitrogens is 1. The Hall–Kier alpha value is -2.27. The van der Waals surface area contributed by atoms with Gasteiger partial charge in [0.2, 0.25) is 0 Å². The minimum atomic E-state index is -0.328. The highest BCUT2D eigenvalue weighted by Gasteiger charge is 2.27. The first-order chi connectivity index (χ1) is 10.3. The van der Waals surface area contributed by atoms with Crippen LogP contribution in [0.25, 0.3) is 0 Å². The Labute approximate surface area is 123 Å². The summed E-state index contributed by atoms with van der Waals surface area (Å²) < 4.78 is 17.1. The summed E-state index contributed by atoms with van der Waals surface area (Å²) in [6, 6.07) is 9.15. The Morgan fingerprint density at radius 2 is 2.14 bits per heavy atom. The van der Waals surface area contributed by atoms with E-state index in [0.29, 0.717) is 19.0 Å². The van der Waals surface area contributed by atoms with Crippen molar-refractivity contribution in [1.82, 2.24) is 4.98 Å². The van der Waals surface area contributed by atoms with Gasteiger partial charge in [0.25, 0.3) is 0 Å². The lowest BCUT2D eigenvalue weighted by atomic mass is 10.0. The second-order valence-corrected chi connectivity index (χ2v) is 4.83. The molecule has 2 aromatic rings. The average molecular weight is 286 g/mol. The summed E-state index contributed by atoms with van der Waals surface area (Å²) in [7, 11) is 0. The van der Waals surface area contributed by atoms with Gasteiger partial charge in [-0.3, -0.25) is 4.98 Å². The van der Waals surface area contributed by atoms with E-state index < -0.39 is 0 Å². The molecule has 1 aliphatic heterocycles. The lowest BCUT2D eigenvalue weighted by Crippen LogP contribution is -2.39. The Morgan fingerprint density at radius 1 is 1.33 bits per heavy atom. The van der Waals surface area contributed by atoms with Crippen LogP contribution in [-0.2, 0) is 0 Å². The van der Waals surface area contributed by atoms with Gasteiger partial charge in [-0.05, 0) is 30.7 Å². The second-order valence-electron chi connectivity index (χ2n) is 4.83. The van der Waals surface area contributed by atoms with Crippen molar-refractivity contribution < 1.29 is 14.2 Å². The van der Waals surface area contributed by atoms with Gasteiger partial charge in [0, 0.05) is 6.20 Å². The first-order valence-electron chi connectivity index (χ1n) is 6.99. The molecule has 0 saturated carbocycles. The maximum absolute atomic E-state index is 6.29. The van der Waals surface area contributed by atoms with E-state index in [-0.39, 0.29) is 12.1 Å². The van der Waals surface area contributed by atoms with Crippen molar-refractivity contribution in [3.63, 3.8) is 0 Å². The molecule has 1 aromatic carbocycles. The van der Waals surface area contributed by atoms with Crippen molar-refractivity contribution in [3.05, 3.63) is 48.3 Å². The Bertz CT molecular complexity index is 618. The van der Waals surface area contributed by atoms with E-state index in [0.717, 1.165) is 17.1 Å². The number of para-hydroxylation sites is 2. The quantitative estimate of drug-likeness (QED) is 0.934. The van der Waals surface area contributed by atoms with E-state index in [1.54, 1.807) is 12.4 Å². The number of ether oxygens (including phenoxy) is 3. The first kappa shape index (κ1) is 13.7. The van der Waals surface area contributed by atoms with Crippen molar-refractivity contribution in [3.8, 4) is 17.2 Å². The van der Waals surface area contributed by atoms with Gasteiger partial charge >= 0.3 is 0 Å². The monoisotopic (exact) mass is 286 g/mol. The second kappa shape index (κ2) is 6.01. The first-order valence-corrected chi connectivity index (χ1v) is 6.99. The summed E-state index contributed by atoms with van der Waals surface area (Å²) >= 11 is 0. The molecule has 0 bridgehead atoms. The zero-order chi connectivity index (χ0) is 14.7. The molecule has 0 fully saturated rings. The third kappa shape index (κ3) is 2.92. The molecule has 2 unspecified atom stereocenters. The number of benzene rings is 1. The summed E-state index contributed by atoms with van der Waals surface area (Å²) in [5.74, 6) is 2.18. The highest BCUT2D eigenvalue weighted by atomic mass is 16.6. The SMILES string of the molecule is CCOc1cncc(C(N)C2COc3ccccc3O2)c1. The minimum absolute atomic E-state index is 0.251. The Balaban J connectivity index is 1.77. The fraction of sp³-hybridized carbons (Fsp3) is 0.312. The Kier molecular flexibility index (Phi) is 3.92. The molecule has 0 aliphatic carbocycles. The van der Waals surface area contributed by atoms with Gasteiger partial charge in [0.15, 0.2) is 17.6 Å². The van der Waals surface area contributed by atoms with Crippen molar-refractivity contribution in [1.29, 1.82) is 0 Å². The fourth-order valence-corrected chi connectivity index (χ4v) is 2.29. The molecule has 21 heavy (non-hydrogen) atoms. The van der Waals surface area contributed by atoms with Crippen molar-refractivity contribution in [2.75, 3.05) is 13.2 Å². The van der Waals surface area contributed by atoms with Crippen LogP contribution in [0.4, 0.5) is 0 Å². The van der Waals surface area contributed by atoms with Crippen LogP contribution in [0, 0.1) is 0 Å². The summed E-state index contributed by atoms with van der Waals surface area (Å²) in [4.78, 5) is 4.16. The number of nitrogens with two attached hydrogens (primary N) is 1.